The molecule has 2 aliphatic carbocycles. The number of nitrogens with zero attached hydrogens (tertiary/aromatic N) is 2. The summed E-state index contributed by atoms with van der Waals surface area (Å²) >= 11 is 0. The van der Waals surface area contributed by atoms with Crippen LogP contribution in [0.15, 0.2) is 77.4 Å². The molecule has 0 N–H and O–H groups in total. The summed E-state index contributed by atoms with van der Waals surface area (Å²) in [6.45, 7) is 0. The number of hydrogen-bond acceptors (Lipinski definition) is 1. The Morgan fingerprint density at radius 2 is 1.61 bits per heavy atom. The quantitative estimate of drug-likeness (QED) is 0.710. The zero-order valence-corrected chi connectivity index (χ0v) is 13.9. The van der Waals surface area contributed by atoms with Crippen LogP contribution in [0.25, 0.3) is 5.57 Å². The van der Waals surface area contributed by atoms with Crippen LogP contribution in [-0.2, 0) is 7.05 Å². The lowest BCUT2D eigenvalue weighted by Gasteiger charge is -2.19. The van der Waals surface area contributed by atoms with Gasteiger partial charge in [0.2, 0.25) is 0 Å². The second kappa shape index (κ2) is 5.69. The molecule has 0 spiro atoms. The van der Waals surface area contributed by atoms with Crippen molar-refractivity contribution in [2.24, 2.45) is 7.05 Å². The van der Waals surface area contributed by atoms with E-state index in [1.54, 1.807) is 11.1 Å². The number of aromatic nitrogens is 1. The van der Waals surface area contributed by atoms with Crippen LogP contribution in [-0.4, -0.2) is 11.9 Å². The minimum absolute atomic E-state index is 1.21. The minimum Gasteiger partial charge on any atom is -0.357 e. The molecule has 3 aliphatic rings. The van der Waals surface area contributed by atoms with Crippen LogP contribution < -0.4 is 4.57 Å². The molecule has 2 heterocycles. The first-order valence-electron chi connectivity index (χ1n) is 8.45. The molecular formula is C21H23N2+. The topological polar surface area (TPSA) is 7.12 Å². The lowest BCUT2D eigenvalue weighted by Crippen LogP contribution is -2.25. The van der Waals surface area contributed by atoms with Gasteiger partial charge in [-0.1, -0.05) is 0 Å². The van der Waals surface area contributed by atoms with Gasteiger partial charge in [-0.3, -0.25) is 0 Å². The molecule has 0 radical (unpaired) electrons. The largest absolute Gasteiger partial charge is 0.357 e. The molecule has 0 saturated carbocycles. The highest BCUT2D eigenvalue weighted by Crippen LogP contribution is 2.45. The molecule has 23 heavy (non-hydrogen) atoms. The molecule has 0 fully saturated rings. The predicted molar refractivity (Wildman–Crippen MR) is 94.2 cm³/mol. The zero-order chi connectivity index (χ0) is 15.8. The maximum absolute atomic E-state index is 2.42. The average molecular weight is 303 g/mol. The van der Waals surface area contributed by atoms with Crippen molar-refractivity contribution in [2.75, 3.05) is 7.05 Å². The number of aryl methyl sites for hydroxylation is 1. The fourth-order valence-corrected chi connectivity index (χ4v) is 3.69. The highest BCUT2D eigenvalue weighted by Gasteiger charge is 2.26. The van der Waals surface area contributed by atoms with Crippen molar-refractivity contribution in [3.05, 3.63) is 83.0 Å². The van der Waals surface area contributed by atoms with Crippen molar-refractivity contribution in [3.8, 4) is 0 Å². The van der Waals surface area contributed by atoms with Crippen LogP contribution in [0, 0.1) is 0 Å². The lowest BCUT2D eigenvalue weighted by molar-refractivity contribution is -0.671. The molecule has 0 atom stereocenters. The van der Waals surface area contributed by atoms with Crippen molar-refractivity contribution in [1.82, 2.24) is 4.90 Å². The molecule has 0 amide bonds. The van der Waals surface area contributed by atoms with Crippen LogP contribution in [0.5, 0.6) is 0 Å². The fraction of sp³-hybridized carbons (Fsp3) is 0.286. The van der Waals surface area contributed by atoms with Crippen molar-refractivity contribution in [2.45, 2.75) is 25.7 Å². The van der Waals surface area contributed by atoms with E-state index in [0.717, 1.165) is 0 Å². The third kappa shape index (κ3) is 2.59. The summed E-state index contributed by atoms with van der Waals surface area (Å²) in [4.78, 5) is 2.09. The van der Waals surface area contributed by atoms with E-state index in [2.05, 4.69) is 78.7 Å². The van der Waals surface area contributed by atoms with Gasteiger partial charge in [0.15, 0.2) is 12.4 Å². The molecule has 1 aliphatic heterocycles. The Kier molecular flexibility index (Phi) is 3.53. The van der Waals surface area contributed by atoms with Crippen molar-refractivity contribution < 1.29 is 4.57 Å². The molecule has 0 bridgehead atoms. The second-order valence-electron chi connectivity index (χ2n) is 6.64. The van der Waals surface area contributed by atoms with E-state index in [1.165, 1.54) is 48.0 Å². The SMILES string of the molecule is CN1C=CC(=C2C=C(c3cc[n+](C)cc3)C3=C2CCCC3)C=C1. The van der Waals surface area contributed by atoms with Gasteiger partial charge >= 0.3 is 0 Å². The average Bonchev–Trinajstić information content (AvgIpc) is 2.96. The summed E-state index contributed by atoms with van der Waals surface area (Å²) in [5.41, 5.74) is 8.71. The lowest BCUT2D eigenvalue weighted by atomic mass is 9.87. The molecule has 0 saturated heterocycles. The molecule has 1 aromatic rings. The molecule has 2 heteroatoms. The van der Waals surface area contributed by atoms with Crippen molar-refractivity contribution in [3.63, 3.8) is 0 Å². The number of rotatable bonds is 1. The zero-order valence-electron chi connectivity index (χ0n) is 13.9. The van der Waals surface area contributed by atoms with Crippen LogP contribution in [0.4, 0.5) is 0 Å². The maximum atomic E-state index is 2.42. The van der Waals surface area contributed by atoms with E-state index in [1.807, 2.05) is 0 Å². The van der Waals surface area contributed by atoms with Gasteiger partial charge in [0.25, 0.3) is 0 Å². The third-order valence-electron chi connectivity index (χ3n) is 4.99. The van der Waals surface area contributed by atoms with Gasteiger partial charge < -0.3 is 4.90 Å². The summed E-state index contributed by atoms with van der Waals surface area (Å²) in [6.07, 6.45) is 20.5. The molecule has 4 rings (SSSR count). The highest BCUT2D eigenvalue weighted by atomic mass is 15.0. The maximum Gasteiger partial charge on any atom is 0.169 e. The molecular weight excluding hydrogens is 280 g/mol. The van der Waals surface area contributed by atoms with Gasteiger partial charge in [-0.2, -0.15) is 0 Å². The van der Waals surface area contributed by atoms with Crippen molar-refractivity contribution >= 4 is 5.57 Å². The summed E-state index contributed by atoms with van der Waals surface area (Å²) in [6, 6.07) is 4.47. The highest BCUT2D eigenvalue weighted by molar-refractivity contribution is 5.89. The molecule has 0 aromatic carbocycles. The Balaban J connectivity index is 1.83. The van der Waals surface area contributed by atoms with E-state index in [4.69, 9.17) is 0 Å². The first-order valence-corrected chi connectivity index (χ1v) is 8.45. The summed E-state index contributed by atoms with van der Waals surface area (Å²) < 4.78 is 2.09. The number of pyridine rings is 1. The fourth-order valence-electron chi connectivity index (χ4n) is 3.69. The molecule has 116 valence electrons. The van der Waals surface area contributed by atoms with Crippen LogP contribution in [0.1, 0.15) is 31.2 Å². The monoisotopic (exact) mass is 303 g/mol. The summed E-state index contributed by atoms with van der Waals surface area (Å²) in [5.74, 6) is 0. The Morgan fingerprint density at radius 3 is 2.30 bits per heavy atom. The standard InChI is InChI=1S/C21H23N2/c1-22-11-7-16(8-12-22)20-15-21(17-9-13-23(2)14-10-17)19-6-4-3-5-18(19)20/h7-15H,3-6H2,1-2H3/q+1. The van der Waals surface area contributed by atoms with E-state index < -0.39 is 0 Å². The minimum atomic E-state index is 1.21. The summed E-state index contributed by atoms with van der Waals surface area (Å²) in [5, 5.41) is 0. The van der Waals surface area contributed by atoms with Gasteiger partial charge in [0, 0.05) is 31.6 Å². The van der Waals surface area contributed by atoms with Gasteiger partial charge in [-0.25, -0.2) is 4.57 Å². The number of allylic oxidation sites excluding steroid dienone is 8. The van der Waals surface area contributed by atoms with E-state index in [0.29, 0.717) is 0 Å². The number of hydrogen-bond donors (Lipinski definition) is 0. The Labute approximate surface area is 138 Å². The van der Waals surface area contributed by atoms with Crippen LogP contribution >= 0.6 is 0 Å². The Morgan fingerprint density at radius 1 is 0.957 bits per heavy atom. The Bertz CT molecular complexity index is 770. The van der Waals surface area contributed by atoms with Gasteiger partial charge in [0.05, 0.1) is 0 Å². The van der Waals surface area contributed by atoms with E-state index >= 15 is 0 Å². The first kappa shape index (κ1) is 14.3. The molecule has 0 unspecified atom stereocenters. The van der Waals surface area contributed by atoms with Gasteiger partial charge in [0.1, 0.15) is 7.05 Å². The Hall–Kier alpha value is -2.35. The van der Waals surface area contributed by atoms with Gasteiger partial charge in [-0.05, 0) is 77.3 Å². The predicted octanol–water partition coefficient (Wildman–Crippen LogP) is 4.05. The smallest absolute Gasteiger partial charge is 0.169 e. The van der Waals surface area contributed by atoms with Crippen LogP contribution in [0.3, 0.4) is 0 Å². The van der Waals surface area contributed by atoms with Crippen molar-refractivity contribution in [1.29, 1.82) is 0 Å². The molecule has 2 nitrogen and oxygen atoms in total. The van der Waals surface area contributed by atoms with Gasteiger partial charge in [-0.15, -0.1) is 0 Å². The van der Waals surface area contributed by atoms with E-state index in [9.17, 15) is 0 Å². The second-order valence-corrected chi connectivity index (χ2v) is 6.64. The first-order chi connectivity index (χ1) is 11.2. The van der Waals surface area contributed by atoms with Crippen LogP contribution in [0.2, 0.25) is 0 Å². The molecule has 1 aromatic heterocycles. The summed E-state index contributed by atoms with van der Waals surface area (Å²) in [7, 11) is 4.14. The third-order valence-corrected chi connectivity index (χ3v) is 4.99. The van der Waals surface area contributed by atoms with E-state index in [-0.39, 0.29) is 0 Å². The normalized spacial score (nSPS) is 20.3.